The minimum atomic E-state index is -0.898. The Bertz CT molecular complexity index is 1070. The van der Waals surface area contributed by atoms with E-state index in [1.54, 1.807) is 16.8 Å². The summed E-state index contributed by atoms with van der Waals surface area (Å²) in [6.07, 6.45) is 3.85. The van der Waals surface area contributed by atoms with Crippen molar-refractivity contribution in [3.8, 4) is 0 Å². The molecule has 0 aromatic carbocycles. The number of nitrogens with one attached hydrogen (secondary N) is 1. The van der Waals surface area contributed by atoms with Crippen molar-refractivity contribution >= 4 is 35.4 Å². The first kappa shape index (κ1) is 19.9. The van der Waals surface area contributed by atoms with Gasteiger partial charge in [0, 0.05) is 37.3 Å². The molecule has 31 heavy (non-hydrogen) atoms. The van der Waals surface area contributed by atoms with E-state index in [-0.39, 0.29) is 18.9 Å². The van der Waals surface area contributed by atoms with E-state index in [9.17, 15) is 14.0 Å². The molecule has 0 spiro atoms. The average Bonchev–Trinajstić information content (AvgIpc) is 3.38. The van der Waals surface area contributed by atoms with Crippen molar-refractivity contribution < 1.29 is 14.0 Å². The predicted octanol–water partition coefficient (Wildman–Crippen LogP) is 0.244. The summed E-state index contributed by atoms with van der Waals surface area (Å²) in [5, 5.41) is 6.72. The monoisotopic (exact) mass is 428 g/mol. The summed E-state index contributed by atoms with van der Waals surface area (Å²) in [7, 11) is 2.10. The molecule has 164 valence electrons. The van der Waals surface area contributed by atoms with E-state index in [1.165, 1.54) is 0 Å². The number of imide groups is 1. The van der Waals surface area contributed by atoms with Crippen molar-refractivity contribution in [3.63, 3.8) is 0 Å². The van der Waals surface area contributed by atoms with Gasteiger partial charge in [-0.1, -0.05) is 0 Å². The summed E-state index contributed by atoms with van der Waals surface area (Å²) in [5.41, 5.74) is 1.55. The van der Waals surface area contributed by atoms with Crippen LogP contribution in [-0.2, 0) is 9.59 Å². The molecule has 5 heterocycles. The molecule has 3 aliphatic heterocycles. The van der Waals surface area contributed by atoms with Crippen LogP contribution in [0, 0.1) is 0 Å². The van der Waals surface area contributed by atoms with Gasteiger partial charge < -0.3 is 14.7 Å². The normalized spacial score (nSPS) is 24.5. The first-order chi connectivity index (χ1) is 15.0. The SMILES string of the molecule is CN1CCCN(c2nc(N3CCC(F)C3)n3ncc(C=C4CC(=O)NC4=O)c3n2)CC1. The van der Waals surface area contributed by atoms with Gasteiger partial charge in [0.15, 0.2) is 5.65 Å². The Balaban J connectivity index is 1.59. The molecule has 0 bridgehead atoms. The van der Waals surface area contributed by atoms with Crippen LogP contribution in [0.5, 0.6) is 0 Å². The van der Waals surface area contributed by atoms with Gasteiger partial charge in [0.1, 0.15) is 6.17 Å². The number of aromatic nitrogens is 4. The topological polar surface area (TPSA) is 99.0 Å². The number of amides is 2. The molecule has 1 N–H and O–H groups in total. The third-order valence-corrected chi connectivity index (χ3v) is 6.01. The summed E-state index contributed by atoms with van der Waals surface area (Å²) >= 11 is 0. The number of carbonyl (C=O) groups excluding carboxylic acids is 2. The first-order valence-corrected chi connectivity index (χ1v) is 10.6. The van der Waals surface area contributed by atoms with Crippen molar-refractivity contribution in [1.29, 1.82) is 0 Å². The van der Waals surface area contributed by atoms with E-state index in [0.29, 0.717) is 41.6 Å². The number of fused-ring (bicyclic) bond motifs is 1. The van der Waals surface area contributed by atoms with Crippen LogP contribution in [0.1, 0.15) is 24.8 Å². The summed E-state index contributed by atoms with van der Waals surface area (Å²) in [6, 6.07) is 0. The number of hydrogen-bond acceptors (Lipinski definition) is 8. The second kappa shape index (κ2) is 7.88. The van der Waals surface area contributed by atoms with E-state index in [2.05, 4.69) is 27.3 Å². The van der Waals surface area contributed by atoms with Gasteiger partial charge in [-0.2, -0.15) is 19.6 Å². The van der Waals surface area contributed by atoms with Gasteiger partial charge in [0.05, 0.1) is 19.2 Å². The molecule has 5 rings (SSSR count). The summed E-state index contributed by atoms with van der Waals surface area (Å²) in [4.78, 5) is 39.5. The standard InChI is InChI=1S/C20H25FN8O2/c1-26-4-2-5-27(8-7-26)19-24-17-14(9-13-10-16(30)23-18(13)31)11-22-29(17)20(25-19)28-6-3-15(21)12-28/h9,11,15H,2-8,10,12H2,1H3,(H,23,30,31). The van der Waals surface area contributed by atoms with Crippen molar-refractivity contribution in [1.82, 2.24) is 29.8 Å². The maximum Gasteiger partial charge on any atom is 0.254 e. The van der Waals surface area contributed by atoms with Crippen LogP contribution < -0.4 is 15.1 Å². The number of likely N-dealkylation sites (N-methyl/N-ethyl adjacent to an activating group) is 1. The summed E-state index contributed by atoms with van der Waals surface area (Å²) in [6.45, 7) is 4.35. The van der Waals surface area contributed by atoms with Crippen LogP contribution in [0.15, 0.2) is 11.8 Å². The molecule has 3 fully saturated rings. The molecule has 3 saturated heterocycles. The number of rotatable bonds is 3. The number of anilines is 2. The van der Waals surface area contributed by atoms with Gasteiger partial charge in [0.2, 0.25) is 17.8 Å². The number of nitrogens with zero attached hydrogens (tertiary/aromatic N) is 7. The second-order valence-corrected chi connectivity index (χ2v) is 8.36. The van der Waals surface area contributed by atoms with Crippen LogP contribution in [0.2, 0.25) is 0 Å². The van der Waals surface area contributed by atoms with E-state index in [1.807, 2.05) is 4.90 Å². The highest BCUT2D eigenvalue weighted by atomic mass is 19.1. The van der Waals surface area contributed by atoms with E-state index in [0.717, 1.165) is 32.6 Å². The summed E-state index contributed by atoms with van der Waals surface area (Å²) < 4.78 is 15.6. The van der Waals surface area contributed by atoms with Crippen molar-refractivity contribution in [2.24, 2.45) is 0 Å². The summed E-state index contributed by atoms with van der Waals surface area (Å²) in [5.74, 6) is 0.416. The highest BCUT2D eigenvalue weighted by Gasteiger charge is 2.29. The highest BCUT2D eigenvalue weighted by molar-refractivity contribution is 6.15. The fourth-order valence-electron chi connectivity index (χ4n) is 4.27. The zero-order chi connectivity index (χ0) is 21.5. The fourth-order valence-corrected chi connectivity index (χ4v) is 4.27. The number of hydrogen-bond donors (Lipinski definition) is 1. The number of alkyl halides is 1. The minimum Gasteiger partial charge on any atom is -0.339 e. The van der Waals surface area contributed by atoms with Gasteiger partial charge in [-0.05, 0) is 32.5 Å². The van der Waals surface area contributed by atoms with Crippen LogP contribution in [0.3, 0.4) is 0 Å². The van der Waals surface area contributed by atoms with Gasteiger partial charge >= 0.3 is 0 Å². The molecule has 2 amide bonds. The quantitative estimate of drug-likeness (QED) is 0.549. The lowest BCUT2D eigenvalue weighted by Crippen LogP contribution is -2.32. The van der Waals surface area contributed by atoms with Crippen LogP contribution in [0.4, 0.5) is 16.3 Å². The van der Waals surface area contributed by atoms with Crippen molar-refractivity contribution in [2.45, 2.75) is 25.4 Å². The number of halogens is 1. The van der Waals surface area contributed by atoms with Gasteiger partial charge in [-0.25, -0.2) is 4.39 Å². The van der Waals surface area contributed by atoms with Crippen molar-refractivity contribution in [3.05, 3.63) is 17.3 Å². The average molecular weight is 428 g/mol. The van der Waals surface area contributed by atoms with Crippen LogP contribution in [-0.4, -0.2) is 88.8 Å². The fraction of sp³-hybridized carbons (Fsp3) is 0.550. The molecule has 1 unspecified atom stereocenters. The molecule has 11 heteroatoms. The molecule has 10 nitrogen and oxygen atoms in total. The zero-order valence-electron chi connectivity index (χ0n) is 17.4. The molecule has 0 saturated carbocycles. The minimum absolute atomic E-state index is 0.0368. The van der Waals surface area contributed by atoms with Crippen LogP contribution >= 0.6 is 0 Å². The van der Waals surface area contributed by atoms with E-state index >= 15 is 0 Å². The van der Waals surface area contributed by atoms with E-state index < -0.39 is 12.1 Å². The van der Waals surface area contributed by atoms with E-state index in [4.69, 9.17) is 9.97 Å². The Morgan fingerprint density at radius 3 is 2.74 bits per heavy atom. The molecular formula is C20H25FN8O2. The molecule has 1 atom stereocenters. The van der Waals surface area contributed by atoms with Crippen LogP contribution in [0.25, 0.3) is 11.7 Å². The van der Waals surface area contributed by atoms with Gasteiger partial charge in [0.25, 0.3) is 5.91 Å². The largest absolute Gasteiger partial charge is 0.339 e. The zero-order valence-corrected chi connectivity index (χ0v) is 17.4. The number of carbonyl (C=O) groups is 2. The molecule has 2 aromatic heterocycles. The molecular weight excluding hydrogens is 403 g/mol. The lowest BCUT2D eigenvalue weighted by molar-refractivity contribution is -0.124. The molecule has 3 aliphatic rings. The maximum atomic E-state index is 14.0. The lowest BCUT2D eigenvalue weighted by Gasteiger charge is -2.23. The van der Waals surface area contributed by atoms with Gasteiger partial charge in [-0.15, -0.1) is 0 Å². The Morgan fingerprint density at radius 2 is 2.00 bits per heavy atom. The Morgan fingerprint density at radius 1 is 1.13 bits per heavy atom. The molecule has 2 aromatic rings. The Kier molecular flexibility index (Phi) is 5.05. The molecule has 0 aliphatic carbocycles. The highest BCUT2D eigenvalue weighted by Crippen LogP contribution is 2.26. The second-order valence-electron chi connectivity index (χ2n) is 8.36. The maximum absolute atomic E-state index is 14.0. The third-order valence-electron chi connectivity index (χ3n) is 6.01. The smallest absolute Gasteiger partial charge is 0.254 e. The Hall–Kier alpha value is -3.08. The predicted molar refractivity (Wildman–Crippen MR) is 113 cm³/mol. The third kappa shape index (κ3) is 3.85. The van der Waals surface area contributed by atoms with Gasteiger partial charge in [-0.3, -0.25) is 14.9 Å². The first-order valence-electron chi connectivity index (χ1n) is 10.6. The Labute approximate surface area is 178 Å². The molecule has 0 radical (unpaired) electrons. The lowest BCUT2D eigenvalue weighted by atomic mass is 10.1. The van der Waals surface area contributed by atoms with Crippen molar-refractivity contribution in [2.75, 3.05) is 56.1 Å².